The van der Waals surface area contributed by atoms with Crippen LogP contribution >= 0.6 is 24.0 Å². The van der Waals surface area contributed by atoms with Crippen LogP contribution in [0.2, 0.25) is 0 Å². The van der Waals surface area contributed by atoms with E-state index < -0.39 is 0 Å². The van der Waals surface area contributed by atoms with Gasteiger partial charge < -0.3 is 15.4 Å². The van der Waals surface area contributed by atoms with Gasteiger partial charge in [0.2, 0.25) is 0 Å². The van der Waals surface area contributed by atoms with Crippen LogP contribution in [0.5, 0.6) is 5.75 Å². The minimum absolute atomic E-state index is 0. The van der Waals surface area contributed by atoms with Gasteiger partial charge in [-0.15, -0.1) is 24.0 Å². The first-order chi connectivity index (χ1) is 11.6. The molecule has 136 valence electrons. The van der Waals surface area contributed by atoms with Crippen molar-refractivity contribution in [1.29, 1.82) is 0 Å². The summed E-state index contributed by atoms with van der Waals surface area (Å²) in [6, 6.07) is 10.6. The summed E-state index contributed by atoms with van der Waals surface area (Å²) in [6.45, 7) is 2.95. The second-order valence-electron chi connectivity index (χ2n) is 6.39. The van der Waals surface area contributed by atoms with Crippen molar-refractivity contribution in [2.24, 2.45) is 12.0 Å². The molecule has 2 atom stereocenters. The van der Waals surface area contributed by atoms with Gasteiger partial charge in [0, 0.05) is 37.3 Å². The molecule has 6 nitrogen and oxygen atoms in total. The molecule has 0 aliphatic heterocycles. The molecule has 2 aromatic rings. The van der Waals surface area contributed by atoms with Crippen LogP contribution in [0.15, 0.2) is 41.5 Å². The van der Waals surface area contributed by atoms with E-state index >= 15 is 0 Å². The largest absolute Gasteiger partial charge is 0.496 e. The zero-order valence-electron chi connectivity index (χ0n) is 15.1. The molecule has 3 rings (SSSR count). The highest BCUT2D eigenvalue weighted by molar-refractivity contribution is 14.0. The van der Waals surface area contributed by atoms with E-state index in [4.69, 9.17) is 4.74 Å². The van der Waals surface area contributed by atoms with Crippen molar-refractivity contribution in [2.75, 3.05) is 14.2 Å². The Hall–Kier alpha value is -1.77. The van der Waals surface area contributed by atoms with Gasteiger partial charge in [-0.1, -0.05) is 25.1 Å². The third-order valence-corrected chi connectivity index (χ3v) is 4.85. The van der Waals surface area contributed by atoms with Gasteiger partial charge in [-0.05, 0) is 18.6 Å². The van der Waals surface area contributed by atoms with E-state index in [-0.39, 0.29) is 29.4 Å². The fourth-order valence-corrected chi connectivity index (χ4v) is 3.10. The van der Waals surface area contributed by atoms with E-state index in [0.29, 0.717) is 12.6 Å². The second-order valence-corrected chi connectivity index (χ2v) is 6.39. The van der Waals surface area contributed by atoms with Gasteiger partial charge in [0.25, 0.3) is 0 Å². The third kappa shape index (κ3) is 4.08. The van der Waals surface area contributed by atoms with E-state index in [9.17, 15) is 0 Å². The molecule has 2 unspecified atom stereocenters. The Morgan fingerprint density at radius 2 is 2.16 bits per heavy atom. The third-order valence-electron chi connectivity index (χ3n) is 4.85. The topological polar surface area (TPSA) is 63.5 Å². The zero-order valence-corrected chi connectivity index (χ0v) is 17.4. The normalized spacial score (nSPS) is 22.1. The van der Waals surface area contributed by atoms with Crippen LogP contribution in [0.1, 0.15) is 24.6 Å². The molecule has 1 aliphatic carbocycles. The average Bonchev–Trinajstić information content (AvgIpc) is 3.07. The fraction of sp³-hybridized carbons (Fsp3) is 0.444. The number of para-hydroxylation sites is 1. The Balaban J connectivity index is 0.00000225. The maximum Gasteiger partial charge on any atom is 0.191 e. The van der Waals surface area contributed by atoms with Crippen LogP contribution in [-0.2, 0) is 19.0 Å². The van der Waals surface area contributed by atoms with Crippen LogP contribution in [0.25, 0.3) is 0 Å². The Labute approximate surface area is 166 Å². The van der Waals surface area contributed by atoms with Crippen molar-refractivity contribution in [3.63, 3.8) is 0 Å². The van der Waals surface area contributed by atoms with E-state index in [2.05, 4.69) is 39.8 Å². The highest BCUT2D eigenvalue weighted by Crippen LogP contribution is 2.50. The quantitative estimate of drug-likeness (QED) is 0.413. The summed E-state index contributed by atoms with van der Waals surface area (Å²) < 4.78 is 7.38. The summed E-state index contributed by atoms with van der Waals surface area (Å²) in [5.41, 5.74) is 2.42. The van der Waals surface area contributed by atoms with Crippen LogP contribution in [0.3, 0.4) is 0 Å². The summed E-state index contributed by atoms with van der Waals surface area (Å²) in [4.78, 5) is 4.33. The number of aromatic nitrogens is 2. The molecule has 1 saturated carbocycles. The lowest BCUT2D eigenvalue weighted by molar-refractivity contribution is 0.404. The van der Waals surface area contributed by atoms with Gasteiger partial charge in [0.15, 0.2) is 5.96 Å². The Bertz CT molecular complexity index is 745. The highest BCUT2D eigenvalue weighted by atomic mass is 127. The SMILES string of the molecule is CN=C(NCc1ccnn1C)NC1CC1(C)c1ccccc1OC.I. The van der Waals surface area contributed by atoms with Crippen molar-refractivity contribution in [1.82, 2.24) is 20.4 Å². The monoisotopic (exact) mass is 455 g/mol. The molecule has 7 heteroatoms. The fourth-order valence-electron chi connectivity index (χ4n) is 3.10. The maximum absolute atomic E-state index is 5.52. The molecule has 25 heavy (non-hydrogen) atoms. The molecule has 1 aromatic carbocycles. The van der Waals surface area contributed by atoms with Crippen molar-refractivity contribution < 1.29 is 4.74 Å². The Morgan fingerprint density at radius 3 is 2.80 bits per heavy atom. The minimum atomic E-state index is 0. The molecule has 1 aliphatic rings. The maximum atomic E-state index is 5.52. The zero-order chi connectivity index (χ0) is 17.2. The number of nitrogens with zero attached hydrogens (tertiary/aromatic N) is 3. The van der Waals surface area contributed by atoms with Crippen LogP contribution in [0, 0.1) is 0 Å². The van der Waals surface area contributed by atoms with Gasteiger partial charge in [-0.2, -0.15) is 5.10 Å². The van der Waals surface area contributed by atoms with Crippen LogP contribution in [-0.4, -0.2) is 35.9 Å². The number of guanidine groups is 1. The van der Waals surface area contributed by atoms with Crippen molar-refractivity contribution in [3.8, 4) is 5.75 Å². The molecule has 0 radical (unpaired) electrons. The Kier molecular flexibility index (Phi) is 6.31. The van der Waals surface area contributed by atoms with E-state index in [1.165, 1.54) is 5.56 Å². The molecular weight excluding hydrogens is 429 g/mol. The van der Waals surface area contributed by atoms with Gasteiger partial charge in [-0.25, -0.2) is 0 Å². The molecule has 0 amide bonds. The lowest BCUT2D eigenvalue weighted by atomic mass is 9.96. The van der Waals surface area contributed by atoms with E-state index in [1.54, 1.807) is 20.4 Å². The van der Waals surface area contributed by atoms with E-state index in [1.807, 2.05) is 29.9 Å². The van der Waals surface area contributed by atoms with Crippen molar-refractivity contribution in [2.45, 2.75) is 31.3 Å². The Morgan fingerprint density at radius 1 is 1.40 bits per heavy atom. The summed E-state index contributed by atoms with van der Waals surface area (Å²) >= 11 is 0. The number of ether oxygens (including phenoxy) is 1. The number of aryl methyl sites for hydroxylation is 1. The highest BCUT2D eigenvalue weighted by Gasteiger charge is 2.53. The van der Waals surface area contributed by atoms with E-state index in [0.717, 1.165) is 23.8 Å². The molecule has 0 saturated heterocycles. The standard InChI is InChI=1S/C18H25N5O.HI/c1-18(14-7-5-6-8-15(14)24-4)11-16(18)22-17(19-2)20-12-13-9-10-21-23(13)3;/h5-10,16H,11-12H2,1-4H3,(H2,19,20,22);1H. The number of hydrogen-bond donors (Lipinski definition) is 2. The smallest absolute Gasteiger partial charge is 0.191 e. The van der Waals surface area contributed by atoms with Gasteiger partial charge in [0.1, 0.15) is 5.75 Å². The van der Waals surface area contributed by atoms with Crippen molar-refractivity contribution >= 4 is 29.9 Å². The van der Waals surface area contributed by atoms with Gasteiger partial charge >= 0.3 is 0 Å². The summed E-state index contributed by atoms with van der Waals surface area (Å²) in [6.07, 6.45) is 2.85. The summed E-state index contributed by atoms with van der Waals surface area (Å²) in [5.74, 6) is 1.75. The van der Waals surface area contributed by atoms with Crippen molar-refractivity contribution in [3.05, 3.63) is 47.8 Å². The first-order valence-electron chi connectivity index (χ1n) is 8.16. The van der Waals surface area contributed by atoms with Gasteiger partial charge in [0.05, 0.1) is 19.3 Å². The summed E-state index contributed by atoms with van der Waals surface area (Å²) in [5, 5.41) is 11.0. The molecular formula is C18H26IN5O. The molecule has 2 N–H and O–H groups in total. The molecule has 1 fully saturated rings. The second kappa shape index (κ2) is 8.07. The number of benzene rings is 1. The predicted molar refractivity (Wildman–Crippen MR) is 111 cm³/mol. The number of aliphatic imine (C=N–C) groups is 1. The number of nitrogens with one attached hydrogen (secondary N) is 2. The molecule has 0 spiro atoms. The minimum Gasteiger partial charge on any atom is -0.496 e. The number of methoxy groups -OCH3 is 1. The summed E-state index contributed by atoms with van der Waals surface area (Å²) in [7, 11) is 5.45. The number of hydrogen-bond acceptors (Lipinski definition) is 3. The lowest BCUT2D eigenvalue weighted by Crippen LogP contribution is -2.40. The molecule has 1 heterocycles. The lowest BCUT2D eigenvalue weighted by Gasteiger charge is -2.18. The van der Waals surface area contributed by atoms with Gasteiger partial charge in [-0.3, -0.25) is 9.67 Å². The predicted octanol–water partition coefficient (Wildman–Crippen LogP) is 2.44. The molecule has 1 aromatic heterocycles. The number of rotatable bonds is 5. The molecule has 0 bridgehead atoms. The number of halogens is 1. The first kappa shape index (κ1) is 19.6. The van der Waals surface area contributed by atoms with Crippen LogP contribution in [0.4, 0.5) is 0 Å². The van der Waals surface area contributed by atoms with Crippen LogP contribution < -0.4 is 15.4 Å². The average molecular weight is 455 g/mol. The first-order valence-corrected chi connectivity index (χ1v) is 8.16.